The van der Waals surface area contributed by atoms with E-state index in [0.717, 1.165) is 22.4 Å². The summed E-state index contributed by atoms with van der Waals surface area (Å²) >= 11 is 0. The van der Waals surface area contributed by atoms with E-state index in [0.29, 0.717) is 0 Å². The Morgan fingerprint density at radius 3 is 1.39 bits per heavy atom. The molecule has 2 nitrogen and oxygen atoms in total. The Balaban J connectivity index is 1.62. The Bertz CT molecular complexity index is 1710. The summed E-state index contributed by atoms with van der Waals surface area (Å²) in [5.74, 6) is 0. The molecule has 0 aromatic heterocycles. The second kappa shape index (κ2) is 8.49. The van der Waals surface area contributed by atoms with Gasteiger partial charge < -0.3 is 10.6 Å². The maximum atomic E-state index is 6.43. The summed E-state index contributed by atoms with van der Waals surface area (Å²) in [4.78, 5) is 2.40. The van der Waals surface area contributed by atoms with Crippen molar-refractivity contribution in [2.24, 2.45) is 0 Å². The minimum atomic E-state index is 0.102. The summed E-state index contributed by atoms with van der Waals surface area (Å²) in [7, 11) is 0. The summed E-state index contributed by atoms with van der Waals surface area (Å²) in [5, 5.41) is 7.32. The van der Waals surface area contributed by atoms with Gasteiger partial charge in [0.2, 0.25) is 0 Å². The van der Waals surface area contributed by atoms with Crippen LogP contribution in [0.2, 0.25) is 0 Å². The number of rotatable bonds is 3. The van der Waals surface area contributed by atoms with Gasteiger partial charge in [-0.15, -0.1) is 0 Å². The zero-order chi connectivity index (χ0) is 26.8. The quantitative estimate of drug-likeness (QED) is 0.195. The number of anilines is 4. The van der Waals surface area contributed by atoms with Crippen molar-refractivity contribution < 1.29 is 0 Å². The number of hydrogen-bond acceptors (Lipinski definition) is 2. The van der Waals surface area contributed by atoms with Crippen LogP contribution in [0.5, 0.6) is 0 Å². The first-order valence-corrected chi connectivity index (χ1v) is 13.5. The third-order valence-corrected chi connectivity index (χ3v) is 7.90. The Labute approximate surface area is 226 Å². The van der Waals surface area contributed by atoms with E-state index in [9.17, 15) is 0 Å². The summed E-state index contributed by atoms with van der Waals surface area (Å²) in [6.45, 7) is 13.6. The molecule has 190 valence electrons. The lowest BCUT2D eigenvalue weighted by molar-refractivity contribution is 0.590. The van der Waals surface area contributed by atoms with E-state index >= 15 is 0 Å². The van der Waals surface area contributed by atoms with Crippen molar-refractivity contribution in [1.29, 1.82) is 0 Å². The lowest BCUT2D eigenvalue weighted by Gasteiger charge is -2.29. The van der Waals surface area contributed by atoms with E-state index in [1.807, 2.05) is 6.07 Å². The number of nitrogen functional groups attached to an aromatic ring is 1. The van der Waals surface area contributed by atoms with Gasteiger partial charge in [0.1, 0.15) is 0 Å². The van der Waals surface area contributed by atoms with Crippen molar-refractivity contribution in [2.45, 2.75) is 52.4 Å². The van der Waals surface area contributed by atoms with E-state index < -0.39 is 0 Å². The van der Waals surface area contributed by atoms with E-state index in [2.05, 4.69) is 137 Å². The Morgan fingerprint density at radius 2 is 0.895 bits per heavy atom. The highest BCUT2D eigenvalue weighted by atomic mass is 15.1. The molecule has 0 aliphatic rings. The predicted octanol–water partition coefficient (Wildman–Crippen LogP) is 10.2. The zero-order valence-electron chi connectivity index (χ0n) is 23.3. The molecule has 0 radical (unpaired) electrons. The topological polar surface area (TPSA) is 29.3 Å². The van der Waals surface area contributed by atoms with Crippen LogP contribution < -0.4 is 10.6 Å². The van der Waals surface area contributed by atoms with Gasteiger partial charge in [0.25, 0.3) is 0 Å². The van der Waals surface area contributed by atoms with Crippen LogP contribution in [0.15, 0.2) is 97.1 Å². The van der Waals surface area contributed by atoms with Crippen LogP contribution >= 0.6 is 0 Å². The normalized spacial score (nSPS) is 12.6. The summed E-state index contributed by atoms with van der Waals surface area (Å²) in [5.41, 5.74) is 13.6. The molecule has 0 spiro atoms. The minimum absolute atomic E-state index is 0.102. The third-order valence-electron chi connectivity index (χ3n) is 7.90. The molecule has 0 aliphatic carbocycles. The number of hydrogen-bond donors (Lipinski definition) is 1. The maximum Gasteiger partial charge on any atom is 0.0540 e. The number of nitrogens with zero attached hydrogens (tertiary/aromatic N) is 1. The molecule has 6 aromatic carbocycles. The van der Waals surface area contributed by atoms with E-state index in [1.54, 1.807) is 0 Å². The highest BCUT2D eigenvalue weighted by Crippen LogP contribution is 2.45. The van der Waals surface area contributed by atoms with Gasteiger partial charge >= 0.3 is 0 Å². The molecule has 6 rings (SSSR count). The smallest absolute Gasteiger partial charge is 0.0540 e. The fraction of sp³-hybridized carbons (Fsp3) is 0.222. The van der Waals surface area contributed by atoms with Crippen molar-refractivity contribution in [1.82, 2.24) is 0 Å². The molecule has 0 bridgehead atoms. The molecule has 6 aromatic rings. The summed E-state index contributed by atoms with van der Waals surface area (Å²) < 4.78 is 0. The fourth-order valence-electron chi connectivity index (χ4n) is 5.65. The molecule has 0 heterocycles. The van der Waals surface area contributed by atoms with Crippen LogP contribution in [-0.4, -0.2) is 0 Å². The Morgan fingerprint density at radius 1 is 0.474 bits per heavy atom. The third kappa shape index (κ3) is 3.96. The van der Waals surface area contributed by atoms with Gasteiger partial charge in [-0.25, -0.2) is 0 Å². The first kappa shape index (κ1) is 24.3. The van der Waals surface area contributed by atoms with Crippen molar-refractivity contribution in [2.75, 3.05) is 10.6 Å². The molecule has 0 saturated heterocycles. The van der Waals surface area contributed by atoms with Crippen LogP contribution in [0.3, 0.4) is 0 Å². The van der Waals surface area contributed by atoms with Crippen LogP contribution in [0.25, 0.3) is 32.3 Å². The summed E-state index contributed by atoms with van der Waals surface area (Å²) in [6.07, 6.45) is 0. The first-order chi connectivity index (χ1) is 18.0. The first-order valence-electron chi connectivity index (χ1n) is 13.5. The monoisotopic (exact) mass is 496 g/mol. The van der Waals surface area contributed by atoms with Gasteiger partial charge in [-0.1, -0.05) is 102 Å². The van der Waals surface area contributed by atoms with E-state index in [1.165, 1.54) is 43.7 Å². The average molecular weight is 497 g/mol. The van der Waals surface area contributed by atoms with Crippen molar-refractivity contribution >= 4 is 55.1 Å². The van der Waals surface area contributed by atoms with Crippen molar-refractivity contribution in [3.63, 3.8) is 0 Å². The lowest BCUT2D eigenvalue weighted by atomic mass is 9.86. The maximum absolute atomic E-state index is 6.43. The molecule has 0 amide bonds. The lowest BCUT2D eigenvalue weighted by Crippen LogP contribution is -2.14. The van der Waals surface area contributed by atoms with Gasteiger partial charge in [0.05, 0.1) is 5.69 Å². The molecule has 0 saturated carbocycles. The standard InChI is InChI=1S/C36H36N2/c1-35(2,3)25-11-15-27(16-12-25)38(28-17-13-26(14-18-28)36(4,5)6)32-22-10-24-7-19-29-31(37)21-9-23-8-20-30(32)34(24)33(23)29/h7-22H,37H2,1-6H3. The highest BCUT2D eigenvalue weighted by Gasteiger charge is 2.21. The second-order valence-electron chi connectivity index (χ2n) is 12.6. The fourth-order valence-corrected chi connectivity index (χ4v) is 5.65. The van der Waals surface area contributed by atoms with Crippen LogP contribution in [0.4, 0.5) is 22.7 Å². The molecule has 0 aliphatic heterocycles. The minimum Gasteiger partial charge on any atom is -0.398 e. The molecule has 38 heavy (non-hydrogen) atoms. The van der Waals surface area contributed by atoms with E-state index in [4.69, 9.17) is 5.73 Å². The van der Waals surface area contributed by atoms with Gasteiger partial charge in [-0.05, 0) is 79.9 Å². The van der Waals surface area contributed by atoms with Gasteiger partial charge in [0.15, 0.2) is 0 Å². The zero-order valence-corrected chi connectivity index (χ0v) is 23.3. The predicted molar refractivity (Wildman–Crippen MR) is 167 cm³/mol. The highest BCUT2D eigenvalue weighted by molar-refractivity contribution is 6.27. The van der Waals surface area contributed by atoms with Crippen LogP contribution in [0.1, 0.15) is 52.7 Å². The largest absolute Gasteiger partial charge is 0.398 e. The molecule has 0 unspecified atom stereocenters. The van der Waals surface area contributed by atoms with Crippen molar-refractivity contribution in [3.05, 3.63) is 108 Å². The Hall–Kier alpha value is -4.04. The van der Waals surface area contributed by atoms with Gasteiger partial charge in [-0.2, -0.15) is 0 Å². The van der Waals surface area contributed by atoms with Crippen LogP contribution in [-0.2, 0) is 10.8 Å². The van der Waals surface area contributed by atoms with Crippen molar-refractivity contribution in [3.8, 4) is 0 Å². The molecular weight excluding hydrogens is 460 g/mol. The van der Waals surface area contributed by atoms with Gasteiger partial charge in [0, 0.05) is 27.8 Å². The number of benzene rings is 6. The molecule has 0 atom stereocenters. The average Bonchev–Trinajstić information content (AvgIpc) is 2.89. The number of nitrogens with two attached hydrogens (primary N) is 1. The molecule has 2 N–H and O–H groups in total. The molecule has 2 heteroatoms. The molecule has 0 fully saturated rings. The molecular formula is C36H36N2. The summed E-state index contributed by atoms with van der Waals surface area (Å²) in [6, 6.07) is 35.6. The SMILES string of the molecule is CC(C)(C)c1ccc(N(c2ccc(C(C)(C)C)cc2)c2ccc3ccc4c(N)ccc5ccc2c3c54)cc1. The second-order valence-corrected chi connectivity index (χ2v) is 12.6. The van der Waals surface area contributed by atoms with Gasteiger partial charge in [-0.3, -0.25) is 0 Å². The Kier molecular flexibility index (Phi) is 5.43. The van der Waals surface area contributed by atoms with E-state index in [-0.39, 0.29) is 10.8 Å². The van der Waals surface area contributed by atoms with Crippen LogP contribution in [0, 0.1) is 0 Å².